The van der Waals surface area contributed by atoms with Crippen molar-refractivity contribution in [2.45, 2.75) is 44.1 Å². The Labute approximate surface area is 149 Å². The van der Waals surface area contributed by atoms with Crippen molar-refractivity contribution in [1.82, 2.24) is 4.90 Å². The predicted molar refractivity (Wildman–Crippen MR) is 95.3 cm³/mol. The van der Waals surface area contributed by atoms with E-state index in [1.165, 1.54) is 12.1 Å². The molecular weight excluding hydrogens is 342 g/mol. The fraction of sp³-hybridized carbons (Fsp3) is 0.611. The summed E-state index contributed by atoms with van der Waals surface area (Å²) in [5, 5.41) is 9.23. The van der Waals surface area contributed by atoms with Gasteiger partial charge in [-0.2, -0.15) is 0 Å². The third-order valence-electron chi connectivity index (χ3n) is 4.27. The van der Waals surface area contributed by atoms with Crippen LogP contribution in [0.15, 0.2) is 29.2 Å². The number of aliphatic hydroxyl groups excluding tert-OH is 1. The summed E-state index contributed by atoms with van der Waals surface area (Å²) >= 11 is 0. The molecule has 0 saturated carbocycles. The first-order valence-electron chi connectivity index (χ1n) is 8.70. The number of nitrogens with zero attached hydrogens (tertiary/aromatic N) is 1. The number of hydrogen-bond acceptors (Lipinski definition) is 5. The number of rotatable bonds is 7. The molecule has 1 heterocycles. The number of carbonyl (C=O) groups excluding carboxylic acids is 1. The molecule has 1 aromatic carbocycles. The maximum absolute atomic E-state index is 12.4. The lowest BCUT2D eigenvalue weighted by molar-refractivity contribution is -0.132. The Balaban J connectivity index is 1.93. The molecule has 6 nitrogen and oxygen atoms in total. The first kappa shape index (κ1) is 19.7. The van der Waals surface area contributed by atoms with E-state index in [-0.39, 0.29) is 41.6 Å². The Kier molecular flexibility index (Phi) is 6.84. The maximum atomic E-state index is 12.4. The van der Waals surface area contributed by atoms with E-state index in [9.17, 15) is 18.3 Å². The molecule has 1 saturated heterocycles. The monoisotopic (exact) mass is 369 g/mol. The predicted octanol–water partition coefficient (Wildman–Crippen LogP) is 1.87. The number of amides is 1. The van der Waals surface area contributed by atoms with Crippen molar-refractivity contribution in [1.29, 1.82) is 0 Å². The van der Waals surface area contributed by atoms with Gasteiger partial charge in [-0.05, 0) is 56.9 Å². The van der Waals surface area contributed by atoms with Crippen molar-refractivity contribution in [3.8, 4) is 5.75 Å². The van der Waals surface area contributed by atoms with Crippen LogP contribution in [0.25, 0.3) is 0 Å². The molecule has 0 spiro atoms. The van der Waals surface area contributed by atoms with Crippen LogP contribution in [0.3, 0.4) is 0 Å². The van der Waals surface area contributed by atoms with Crippen LogP contribution in [0.4, 0.5) is 0 Å². The van der Waals surface area contributed by atoms with Crippen LogP contribution >= 0.6 is 0 Å². The lowest BCUT2D eigenvalue weighted by atomic mass is 9.99. The zero-order valence-corrected chi connectivity index (χ0v) is 15.7. The minimum atomic E-state index is -3.51. The largest absolute Gasteiger partial charge is 0.491 e. The molecule has 7 heteroatoms. The van der Waals surface area contributed by atoms with Crippen LogP contribution in [-0.2, 0) is 14.6 Å². The van der Waals surface area contributed by atoms with Crippen LogP contribution in [-0.4, -0.2) is 55.9 Å². The lowest BCUT2D eigenvalue weighted by Gasteiger charge is -2.31. The molecule has 0 bridgehead atoms. The second kappa shape index (κ2) is 8.67. The van der Waals surface area contributed by atoms with E-state index in [1.807, 2.05) is 13.8 Å². The molecule has 1 N–H and O–H groups in total. The SMILES string of the molecule is CC(C)Oc1ccc(S(=O)(=O)CCC(=O)N2CCCC(CO)C2)cc1. The summed E-state index contributed by atoms with van der Waals surface area (Å²) < 4.78 is 30.3. The molecule has 1 atom stereocenters. The average molecular weight is 369 g/mol. The molecule has 140 valence electrons. The van der Waals surface area contributed by atoms with Gasteiger partial charge in [-0.3, -0.25) is 4.79 Å². The summed E-state index contributed by atoms with van der Waals surface area (Å²) in [7, 11) is -3.51. The number of aliphatic hydroxyl groups is 1. The molecule has 1 aliphatic rings. The molecule has 1 aliphatic heterocycles. The van der Waals surface area contributed by atoms with Crippen LogP contribution in [0.5, 0.6) is 5.75 Å². The zero-order valence-electron chi connectivity index (χ0n) is 14.8. The topological polar surface area (TPSA) is 83.9 Å². The number of ether oxygens (including phenoxy) is 1. The second-order valence-corrected chi connectivity index (χ2v) is 8.85. The Morgan fingerprint density at radius 3 is 2.60 bits per heavy atom. The van der Waals surface area contributed by atoms with Crippen molar-refractivity contribution in [2.75, 3.05) is 25.4 Å². The van der Waals surface area contributed by atoms with Crippen LogP contribution in [0.1, 0.15) is 33.1 Å². The van der Waals surface area contributed by atoms with Gasteiger partial charge in [-0.15, -0.1) is 0 Å². The van der Waals surface area contributed by atoms with Crippen molar-refractivity contribution < 1.29 is 23.1 Å². The normalized spacial score (nSPS) is 18.4. The quantitative estimate of drug-likeness (QED) is 0.793. The Morgan fingerprint density at radius 2 is 2.00 bits per heavy atom. The van der Waals surface area contributed by atoms with E-state index in [0.29, 0.717) is 18.8 Å². The van der Waals surface area contributed by atoms with Gasteiger partial charge in [-0.1, -0.05) is 0 Å². The van der Waals surface area contributed by atoms with E-state index in [1.54, 1.807) is 17.0 Å². The van der Waals surface area contributed by atoms with Gasteiger partial charge in [0.05, 0.1) is 16.8 Å². The minimum Gasteiger partial charge on any atom is -0.491 e. The van der Waals surface area contributed by atoms with E-state index in [2.05, 4.69) is 0 Å². The van der Waals surface area contributed by atoms with Gasteiger partial charge in [0.15, 0.2) is 9.84 Å². The lowest BCUT2D eigenvalue weighted by Crippen LogP contribution is -2.41. The third-order valence-corrected chi connectivity index (χ3v) is 6.00. The highest BCUT2D eigenvalue weighted by Crippen LogP contribution is 2.20. The van der Waals surface area contributed by atoms with Crippen molar-refractivity contribution in [3.63, 3.8) is 0 Å². The number of piperidine rings is 1. The summed E-state index contributed by atoms with van der Waals surface area (Å²) in [6, 6.07) is 6.29. The summed E-state index contributed by atoms with van der Waals surface area (Å²) in [6.45, 7) is 5.01. The van der Waals surface area contributed by atoms with Gasteiger partial charge < -0.3 is 14.7 Å². The molecule has 1 fully saturated rings. The number of likely N-dealkylation sites (tertiary alicyclic amines) is 1. The molecule has 1 unspecified atom stereocenters. The Bertz CT molecular complexity index is 669. The summed E-state index contributed by atoms with van der Waals surface area (Å²) in [5.74, 6) is 0.342. The molecule has 1 amide bonds. The first-order chi connectivity index (χ1) is 11.8. The van der Waals surface area contributed by atoms with E-state index in [4.69, 9.17) is 4.74 Å². The van der Waals surface area contributed by atoms with Gasteiger partial charge in [0.25, 0.3) is 0 Å². The summed E-state index contributed by atoms with van der Waals surface area (Å²) in [6.07, 6.45) is 1.74. The standard InChI is InChI=1S/C18H27NO5S/c1-14(2)24-16-5-7-17(8-6-16)25(22,23)11-9-18(21)19-10-3-4-15(12-19)13-20/h5-8,14-15,20H,3-4,9-13H2,1-2H3. The van der Waals surface area contributed by atoms with Crippen LogP contribution in [0, 0.1) is 5.92 Å². The smallest absolute Gasteiger partial charge is 0.223 e. The highest BCUT2D eigenvalue weighted by molar-refractivity contribution is 7.91. The summed E-state index contributed by atoms with van der Waals surface area (Å²) in [5.41, 5.74) is 0. The van der Waals surface area contributed by atoms with Crippen molar-refractivity contribution >= 4 is 15.7 Å². The summed E-state index contributed by atoms with van der Waals surface area (Å²) in [4.78, 5) is 14.1. The minimum absolute atomic E-state index is 0.0207. The molecule has 2 rings (SSSR count). The Hall–Kier alpha value is -1.60. The maximum Gasteiger partial charge on any atom is 0.223 e. The fourth-order valence-electron chi connectivity index (χ4n) is 2.94. The average Bonchev–Trinajstić information content (AvgIpc) is 2.59. The van der Waals surface area contributed by atoms with Gasteiger partial charge in [-0.25, -0.2) is 8.42 Å². The number of hydrogen-bond donors (Lipinski definition) is 1. The molecule has 25 heavy (non-hydrogen) atoms. The zero-order chi connectivity index (χ0) is 18.4. The molecule has 0 aliphatic carbocycles. The van der Waals surface area contributed by atoms with Gasteiger partial charge in [0.2, 0.25) is 5.91 Å². The highest BCUT2D eigenvalue weighted by Gasteiger charge is 2.25. The van der Waals surface area contributed by atoms with Crippen LogP contribution in [0.2, 0.25) is 0 Å². The van der Waals surface area contributed by atoms with Crippen LogP contribution < -0.4 is 4.74 Å². The van der Waals surface area contributed by atoms with Crippen molar-refractivity contribution in [3.05, 3.63) is 24.3 Å². The second-order valence-electron chi connectivity index (χ2n) is 6.74. The molecular formula is C18H27NO5S. The highest BCUT2D eigenvalue weighted by atomic mass is 32.2. The van der Waals surface area contributed by atoms with E-state index in [0.717, 1.165) is 12.8 Å². The van der Waals surface area contributed by atoms with Gasteiger partial charge >= 0.3 is 0 Å². The molecule has 0 aromatic heterocycles. The van der Waals surface area contributed by atoms with Gasteiger partial charge in [0.1, 0.15) is 5.75 Å². The molecule has 0 radical (unpaired) electrons. The number of sulfone groups is 1. The van der Waals surface area contributed by atoms with E-state index < -0.39 is 9.84 Å². The molecule has 1 aromatic rings. The van der Waals surface area contributed by atoms with Crippen molar-refractivity contribution in [2.24, 2.45) is 5.92 Å². The fourth-order valence-corrected chi connectivity index (χ4v) is 4.17. The Morgan fingerprint density at radius 1 is 1.32 bits per heavy atom. The van der Waals surface area contributed by atoms with E-state index >= 15 is 0 Å². The van der Waals surface area contributed by atoms with Gasteiger partial charge in [0, 0.05) is 26.1 Å². The first-order valence-corrected chi connectivity index (χ1v) is 10.3. The number of carbonyl (C=O) groups is 1. The number of benzene rings is 1. The third kappa shape index (κ3) is 5.71.